The first-order chi connectivity index (χ1) is 54.5. The average molecular weight is 1680 g/mol. The van der Waals surface area contributed by atoms with Crippen molar-refractivity contribution in [3.63, 3.8) is 0 Å². The molecule has 14 unspecified atom stereocenters. The van der Waals surface area contributed by atoms with E-state index in [4.69, 9.17) is 65.9 Å². The SMILES string of the molecule is CCCCCCCC/C=C\CCCCCCCC(=O)OC[C@H](COP(=O)(O)O[C@@H]1C(O[C@@H]2OC(CO[C@@H]3OC(CO[C@@H]4OC(CO[C@@H]5OC(CO)[C@H](O)C(O)[C@@H]5O)[C@H](O)C(O)[C@@H]4O)[C@H](O)C(O)[C@@H]3O)[C@H](O)C(O)[C@@H]2O)C(O)[C@@H](O)C(O)[C@H]1O[C@H]1OC(CO)[C@@H](O)C(O)[C@H]1O)OC(=O)CCCCCCCCCCCCCCCCC. The van der Waals surface area contributed by atoms with E-state index in [1.54, 1.807) is 0 Å². The molecule has 0 aromatic heterocycles. The smallest absolute Gasteiger partial charge is 0.462 e. The molecule has 38 nitrogen and oxygen atoms in total. The molecule has 668 valence electrons. The lowest BCUT2D eigenvalue weighted by Crippen LogP contribution is -2.69. The summed E-state index contributed by atoms with van der Waals surface area (Å²) >= 11 is 0. The van der Waals surface area contributed by atoms with Crippen LogP contribution in [-0.2, 0) is 80.0 Å². The highest BCUT2D eigenvalue weighted by Crippen LogP contribution is 2.49. The Labute approximate surface area is 665 Å². The van der Waals surface area contributed by atoms with E-state index in [1.165, 1.54) is 89.9 Å². The summed E-state index contributed by atoms with van der Waals surface area (Å²) in [5.74, 6) is -1.48. The van der Waals surface area contributed by atoms with Crippen molar-refractivity contribution in [1.29, 1.82) is 0 Å². The second kappa shape index (κ2) is 52.8. The summed E-state index contributed by atoms with van der Waals surface area (Å²) in [6.07, 6.45) is -32.9. The van der Waals surface area contributed by atoms with Crippen LogP contribution in [0.25, 0.3) is 0 Å². The van der Waals surface area contributed by atoms with Gasteiger partial charge in [0.1, 0.15) is 165 Å². The first kappa shape index (κ1) is 100. The lowest BCUT2D eigenvalue weighted by atomic mass is 9.84. The van der Waals surface area contributed by atoms with Crippen molar-refractivity contribution in [3.8, 4) is 0 Å². The minimum Gasteiger partial charge on any atom is -0.462 e. The van der Waals surface area contributed by atoms with E-state index in [0.29, 0.717) is 25.7 Å². The number of unbranched alkanes of at least 4 members (excludes halogenated alkanes) is 25. The predicted octanol–water partition coefficient (Wildman–Crippen LogP) is -1.82. The van der Waals surface area contributed by atoms with E-state index in [1.807, 2.05) is 0 Å². The Hall–Kier alpha value is -2.41. The van der Waals surface area contributed by atoms with Crippen LogP contribution in [0.4, 0.5) is 0 Å². The fourth-order valence-electron chi connectivity index (χ4n) is 14.4. The Bertz CT molecular complexity index is 2680. The number of aliphatic hydroxyl groups is 20. The van der Waals surface area contributed by atoms with Gasteiger partial charge in [0.25, 0.3) is 0 Å². The van der Waals surface area contributed by atoms with Crippen molar-refractivity contribution in [3.05, 3.63) is 12.2 Å². The predicted molar refractivity (Wildman–Crippen MR) is 394 cm³/mol. The fourth-order valence-corrected chi connectivity index (χ4v) is 15.3. The molecule has 5 aliphatic heterocycles. The Kier molecular flexibility index (Phi) is 46.5. The first-order valence-electron chi connectivity index (χ1n) is 41.1. The molecule has 114 heavy (non-hydrogen) atoms. The van der Waals surface area contributed by atoms with Gasteiger partial charge in [0.05, 0.1) is 39.6 Å². The molecule has 6 rings (SSSR count). The molecule has 6 aliphatic rings. The van der Waals surface area contributed by atoms with Gasteiger partial charge in [-0.05, 0) is 38.5 Å². The van der Waals surface area contributed by atoms with Crippen molar-refractivity contribution in [1.82, 2.24) is 0 Å². The second-order valence-corrected chi connectivity index (χ2v) is 32.2. The van der Waals surface area contributed by atoms with Crippen LogP contribution in [0.3, 0.4) is 0 Å². The van der Waals surface area contributed by atoms with Crippen molar-refractivity contribution in [2.24, 2.45) is 0 Å². The number of allylic oxidation sites excluding steroid dienone is 2. The van der Waals surface area contributed by atoms with Crippen molar-refractivity contribution >= 4 is 19.8 Å². The average Bonchev–Trinajstić information content (AvgIpc) is 0.761. The molecule has 1 aliphatic carbocycles. The number of carbonyl (C=O) groups excluding carboxylic acids is 2. The number of ether oxygens (including phenoxy) is 12. The molecule has 0 aromatic rings. The highest BCUT2D eigenvalue weighted by molar-refractivity contribution is 7.47. The lowest BCUT2D eigenvalue weighted by Gasteiger charge is -2.49. The minimum atomic E-state index is -5.86. The lowest BCUT2D eigenvalue weighted by molar-refractivity contribution is -0.365. The summed E-state index contributed by atoms with van der Waals surface area (Å²) in [4.78, 5) is 38.4. The third kappa shape index (κ3) is 31.5. The van der Waals surface area contributed by atoms with Crippen molar-refractivity contribution < 1.29 is 187 Å². The van der Waals surface area contributed by atoms with E-state index in [0.717, 1.165) is 64.2 Å². The first-order valence-corrected chi connectivity index (χ1v) is 42.6. The zero-order valence-corrected chi connectivity index (χ0v) is 66.5. The second-order valence-electron chi connectivity index (χ2n) is 30.8. The number of hydrogen-bond acceptors (Lipinski definition) is 37. The molecule has 5 saturated heterocycles. The summed E-state index contributed by atoms with van der Waals surface area (Å²) in [7, 11) is -5.86. The van der Waals surface area contributed by atoms with Gasteiger partial charge in [0.15, 0.2) is 37.6 Å². The maximum Gasteiger partial charge on any atom is 0.472 e. The van der Waals surface area contributed by atoms with Gasteiger partial charge in [0.2, 0.25) is 0 Å². The number of phosphoric acid groups is 1. The van der Waals surface area contributed by atoms with Gasteiger partial charge >= 0.3 is 19.8 Å². The normalized spacial score (nSPS) is 37.8. The Morgan fingerprint density at radius 3 is 0.991 bits per heavy atom. The number of carbonyl (C=O) groups is 2. The largest absolute Gasteiger partial charge is 0.472 e. The zero-order valence-electron chi connectivity index (χ0n) is 65.6. The number of hydrogen-bond donors (Lipinski definition) is 21. The quantitative estimate of drug-likeness (QED) is 0.0138. The standard InChI is InChI=1S/C75H135O38P/c1-3-5-7-9-11-13-15-17-19-21-23-25-27-29-31-33-48(78)100-37-42(105-49(79)34-32-30-28-26-24-22-20-18-16-14-12-10-8-6-4-2)38-104-114(98,99)113-70-68(111-74-66(96)56(86)51(81)44(36-77)107-74)61(91)60(90)62(92)69(70)112-75-67(97)59(89)54(84)47(110-75)41-103-73-65(95)58(88)53(83)46(109-73)40-102-72-64(94)57(87)52(82)45(108-72)39-101-71-63(93)55(85)50(80)43(35-76)106-71/h17,19,42-47,50-77,80-97H,3-16,18,20-41H2,1-2H3,(H,98,99)/b19-17-/t42-,43?,44?,45?,46?,47?,50+,51-,52+,53+,54+,55?,56?,57?,58?,59?,60+,61?,62?,63+,64+,65+,66-,67+,68-,69?,70+,71-,72-,73-,74-,75+/m1/s1. The topological polar surface area (TPSA) is 605 Å². The number of esters is 2. The van der Waals surface area contributed by atoms with Crippen LogP contribution < -0.4 is 0 Å². The Morgan fingerprint density at radius 1 is 0.342 bits per heavy atom. The highest BCUT2D eigenvalue weighted by atomic mass is 31.2. The maximum absolute atomic E-state index is 14.5. The maximum atomic E-state index is 14.5. The zero-order chi connectivity index (χ0) is 83.6. The highest BCUT2D eigenvalue weighted by Gasteiger charge is 2.59. The summed E-state index contributed by atoms with van der Waals surface area (Å²) in [5.41, 5.74) is 0. The third-order valence-corrected chi connectivity index (χ3v) is 22.6. The molecule has 0 aromatic carbocycles. The van der Waals surface area contributed by atoms with E-state index in [2.05, 4.69) is 26.0 Å². The molecule has 0 amide bonds. The van der Waals surface area contributed by atoms with Crippen molar-refractivity contribution in [2.75, 3.05) is 46.2 Å². The molecule has 0 bridgehead atoms. The van der Waals surface area contributed by atoms with E-state index >= 15 is 0 Å². The van der Waals surface area contributed by atoms with Gasteiger partial charge < -0.3 is 164 Å². The van der Waals surface area contributed by atoms with E-state index in [-0.39, 0.29) is 12.8 Å². The molecule has 0 spiro atoms. The summed E-state index contributed by atoms with van der Waals surface area (Å²) in [5, 5.41) is 217. The number of rotatable bonds is 54. The molecule has 1 saturated carbocycles. The van der Waals surface area contributed by atoms with Crippen LogP contribution in [-0.4, -0.2) is 361 Å². The summed E-state index contributed by atoms with van der Waals surface area (Å²) in [6.45, 7) is -1.89. The molecule has 6 fully saturated rings. The molecular formula is C75H135O38P. The molecule has 0 radical (unpaired) electrons. The molecule has 5 heterocycles. The minimum absolute atomic E-state index is 0.0284. The molecule has 39 heteroatoms. The summed E-state index contributed by atoms with van der Waals surface area (Å²) < 4.78 is 93.0. The van der Waals surface area contributed by atoms with Gasteiger partial charge in [0, 0.05) is 12.8 Å². The molecular weight excluding hydrogens is 1540 g/mol. The van der Waals surface area contributed by atoms with Gasteiger partial charge in [-0.15, -0.1) is 0 Å². The Balaban J connectivity index is 1.13. The molecule has 33 atom stereocenters. The Morgan fingerprint density at radius 2 is 0.632 bits per heavy atom. The van der Waals surface area contributed by atoms with Crippen LogP contribution in [0, 0.1) is 0 Å². The van der Waals surface area contributed by atoms with Gasteiger partial charge in [-0.1, -0.05) is 167 Å². The van der Waals surface area contributed by atoms with E-state index < -0.39 is 262 Å². The third-order valence-electron chi connectivity index (χ3n) is 21.6. The molecule has 21 N–H and O–H groups in total. The number of phosphoric ester groups is 1. The van der Waals surface area contributed by atoms with Gasteiger partial charge in [-0.25, -0.2) is 4.57 Å². The van der Waals surface area contributed by atoms with Crippen LogP contribution in [0.2, 0.25) is 0 Å². The fraction of sp³-hybridized carbons (Fsp3) is 0.947. The van der Waals surface area contributed by atoms with Crippen LogP contribution in [0.5, 0.6) is 0 Å². The van der Waals surface area contributed by atoms with Crippen LogP contribution in [0.1, 0.15) is 206 Å². The van der Waals surface area contributed by atoms with Gasteiger partial charge in [-0.3, -0.25) is 18.6 Å². The summed E-state index contributed by atoms with van der Waals surface area (Å²) in [6, 6.07) is 0. The van der Waals surface area contributed by atoms with Crippen molar-refractivity contribution in [2.45, 2.75) is 403 Å². The number of aliphatic hydroxyl groups excluding tert-OH is 20. The van der Waals surface area contributed by atoms with E-state index in [9.17, 15) is 121 Å². The van der Waals surface area contributed by atoms with Crippen LogP contribution in [0.15, 0.2) is 12.2 Å². The van der Waals surface area contributed by atoms with Crippen LogP contribution >= 0.6 is 7.82 Å². The monoisotopic (exact) mass is 1670 g/mol. The van der Waals surface area contributed by atoms with Gasteiger partial charge in [-0.2, -0.15) is 0 Å².